The monoisotopic (exact) mass is 335 g/mol. The molecule has 0 bridgehead atoms. The highest BCUT2D eigenvalue weighted by atomic mass is 32.2. The Labute approximate surface area is 129 Å². The molecule has 1 amide bonds. The maximum absolute atomic E-state index is 12.4. The summed E-state index contributed by atoms with van der Waals surface area (Å²) >= 11 is 0. The van der Waals surface area contributed by atoms with Crippen molar-refractivity contribution in [2.24, 2.45) is 0 Å². The number of carbonyl (C=O) groups excluding carboxylic acids is 1. The Morgan fingerprint density at radius 3 is 2.50 bits per heavy atom. The molecule has 0 aliphatic carbocycles. The summed E-state index contributed by atoms with van der Waals surface area (Å²) in [5.41, 5.74) is -2.26. The average Bonchev–Trinajstić information content (AvgIpc) is 2.64. The van der Waals surface area contributed by atoms with Crippen molar-refractivity contribution in [3.63, 3.8) is 0 Å². The Morgan fingerprint density at radius 1 is 1.36 bits per heavy atom. The maximum Gasteiger partial charge on any atom is 0.413 e. The van der Waals surface area contributed by atoms with Crippen LogP contribution in [0.4, 0.5) is 4.79 Å². The lowest BCUT2D eigenvalue weighted by Gasteiger charge is -2.40. The van der Waals surface area contributed by atoms with Crippen LogP contribution in [0.15, 0.2) is 0 Å². The second-order valence-corrected chi connectivity index (χ2v) is 8.84. The van der Waals surface area contributed by atoms with Gasteiger partial charge in [-0.3, -0.25) is 4.90 Å². The molecule has 1 N–H and O–H groups in total. The maximum atomic E-state index is 12.4. The summed E-state index contributed by atoms with van der Waals surface area (Å²) in [6.07, 6.45) is -0.280. The van der Waals surface area contributed by atoms with Crippen LogP contribution in [0.5, 0.6) is 0 Å². The average molecular weight is 335 g/mol. The van der Waals surface area contributed by atoms with Gasteiger partial charge in [-0.2, -0.15) is 0 Å². The first-order chi connectivity index (χ1) is 9.96. The van der Waals surface area contributed by atoms with Crippen molar-refractivity contribution in [2.45, 2.75) is 51.0 Å². The molecule has 2 heterocycles. The van der Waals surface area contributed by atoms with Crippen LogP contribution in [0.3, 0.4) is 0 Å². The molecule has 0 aromatic carbocycles. The van der Waals surface area contributed by atoms with E-state index in [0.717, 1.165) is 4.90 Å². The second-order valence-electron chi connectivity index (χ2n) is 6.66. The number of aliphatic carboxylic acids is 1. The lowest BCUT2D eigenvalue weighted by molar-refractivity contribution is -0.143. The largest absolute Gasteiger partial charge is 0.480 e. The van der Waals surface area contributed by atoms with Gasteiger partial charge in [0.05, 0.1) is 18.1 Å². The first kappa shape index (κ1) is 17.0. The van der Waals surface area contributed by atoms with E-state index in [0.29, 0.717) is 6.42 Å². The zero-order valence-electron chi connectivity index (χ0n) is 12.9. The van der Waals surface area contributed by atoms with Crippen molar-refractivity contribution in [1.29, 1.82) is 0 Å². The number of ether oxygens (including phenoxy) is 2. The van der Waals surface area contributed by atoms with E-state index in [9.17, 15) is 23.1 Å². The topological polar surface area (TPSA) is 110 Å². The lowest BCUT2D eigenvalue weighted by Crippen LogP contribution is -2.59. The van der Waals surface area contributed by atoms with Gasteiger partial charge in [-0.15, -0.1) is 0 Å². The predicted molar refractivity (Wildman–Crippen MR) is 76.1 cm³/mol. The fraction of sp³-hybridized carbons (Fsp3) is 0.846. The fourth-order valence-corrected chi connectivity index (χ4v) is 4.59. The van der Waals surface area contributed by atoms with Gasteiger partial charge in [0.2, 0.25) is 0 Å². The van der Waals surface area contributed by atoms with Crippen LogP contribution in [-0.2, 0) is 24.1 Å². The molecule has 22 heavy (non-hydrogen) atoms. The van der Waals surface area contributed by atoms with Gasteiger partial charge in [-0.05, 0) is 33.6 Å². The molecular weight excluding hydrogens is 314 g/mol. The smallest absolute Gasteiger partial charge is 0.413 e. The minimum absolute atomic E-state index is 0.0119. The summed E-state index contributed by atoms with van der Waals surface area (Å²) in [6, 6.07) is -1.25. The number of carbonyl (C=O) groups is 2. The zero-order valence-corrected chi connectivity index (χ0v) is 13.7. The molecule has 2 rings (SSSR count). The molecule has 9 heteroatoms. The Bertz CT molecular complexity index is 580. The van der Waals surface area contributed by atoms with E-state index in [2.05, 4.69) is 0 Å². The number of amides is 1. The Morgan fingerprint density at radius 2 is 2.00 bits per heavy atom. The van der Waals surface area contributed by atoms with Crippen LogP contribution < -0.4 is 0 Å². The van der Waals surface area contributed by atoms with Gasteiger partial charge in [0, 0.05) is 0 Å². The van der Waals surface area contributed by atoms with Gasteiger partial charge in [0.15, 0.2) is 21.6 Å². The molecule has 2 atom stereocenters. The molecule has 2 fully saturated rings. The van der Waals surface area contributed by atoms with E-state index < -0.39 is 45.0 Å². The van der Waals surface area contributed by atoms with Crippen LogP contribution in [0, 0.1) is 0 Å². The number of nitrogens with zero attached hydrogens (tertiary/aromatic N) is 1. The van der Waals surface area contributed by atoms with E-state index in [1.54, 1.807) is 20.8 Å². The van der Waals surface area contributed by atoms with E-state index in [4.69, 9.17) is 9.47 Å². The highest BCUT2D eigenvalue weighted by Gasteiger charge is 2.57. The van der Waals surface area contributed by atoms with Crippen molar-refractivity contribution in [1.82, 2.24) is 4.90 Å². The molecular formula is C13H21NO7S. The third kappa shape index (κ3) is 3.35. The molecule has 2 saturated heterocycles. The quantitative estimate of drug-likeness (QED) is 0.747. The Balaban J connectivity index is 2.36. The Hall–Kier alpha value is -1.35. The van der Waals surface area contributed by atoms with Gasteiger partial charge in [-0.25, -0.2) is 18.0 Å². The molecule has 8 nitrogen and oxygen atoms in total. The van der Waals surface area contributed by atoms with Crippen LogP contribution in [0.25, 0.3) is 0 Å². The summed E-state index contributed by atoms with van der Waals surface area (Å²) in [5.74, 6) is -1.63. The van der Waals surface area contributed by atoms with Crippen molar-refractivity contribution in [2.75, 3.05) is 18.1 Å². The molecule has 0 aromatic rings. The third-order valence-electron chi connectivity index (χ3n) is 3.60. The van der Waals surface area contributed by atoms with Crippen LogP contribution in [0.1, 0.15) is 33.6 Å². The standard InChI is InChI=1S/C13H21NO7S/c1-12(2,3)21-11(17)14-9(10(15)16)7-20-13(14)5-4-6-22(18,19)8-13/h9H,4-8H2,1-3H3,(H,15,16). The van der Waals surface area contributed by atoms with Gasteiger partial charge < -0.3 is 14.6 Å². The van der Waals surface area contributed by atoms with E-state index in [1.165, 1.54) is 0 Å². The van der Waals surface area contributed by atoms with E-state index >= 15 is 0 Å². The Kier molecular flexibility index (Phi) is 4.16. The number of carboxylic acids is 1. The summed E-state index contributed by atoms with van der Waals surface area (Å²) < 4.78 is 34.6. The van der Waals surface area contributed by atoms with Crippen molar-refractivity contribution in [3.8, 4) is 0 Å². The predicted octanol–water partition coefficient (Wildman–Crippen LogP) is 0.612. The number of sulfone groups is 1. The highest BCUT2D eigenvalue weighted by Crippen LogP contribution is 2.38. The van der Waals surface area contributed by atoms with Gasteiger partial charge in [0.25, 0.3) is 0 Å². The summed E-state index contributed by atoms with van der Waals surface area (Å²) in [4.78, 5) is 24.8. The molecule has 0 radical (unpaired) electrons. The molecule has 2 unspecified atom stereocenters. The minimum Gasteiger partial charge on any atom is -0.480 e. The number of hydrogen-bond donors (Lipinski definition) is 1. The van der Waals surface area contributed by atoms with E-state index in [-0.39, 0.29) is 18.8 Å². The second kappa shape index (κ2) is 5.38. The minimum atomic E-state index is -3.40. The van der Waals surface area contributed by atoms with Gasteiger partial charge in [-0.1, -0.05) is 0 Å². The molecule has 2 aliphatic rings. The molecule has 2 aliphatic heterocycles. The van der Waals surface area contributed by atoms with Crippen molar-refractivity contribution in [3.05, 3.63) is 0 Å². The highest BCUT2D eigenvalue weighted by molar-refractivity contribution is 7.91. The van der Waals surface area contributed by atoms with E-state index in [1.807, 2.05) is 0 Å². The molecule has 0 aromatic heterocycles. The fourth-order valence-electron chi connectivity index (χ4n) is 2.81. The molecule has 126 valence electrons. The van der Waals surface area contributed by atoms with Gasteiger partial charge >= 0.3 is 12.1 Å². The van der Waals surface area contributed by atoms with Crippen LogP contribution in [0.2, 0.25) is 0 Å². The van der Waals surface area contributed by atoms with Crippen LogP contribution >= 0.6 is 0 Å². The van der Waals surface area contributed by atoms with Crippen molar-refractivity contribution < 1.29 is 32.6 Å². The summed E-state index contributed by atoms with van der Waals surface area (Å²) in [6.45, 7) is 4.72. The lowest BCUT2D eigenvalue weighted by atomic mass is 10.1. The molecule has 1 spiro atoms. The molecule has 0 saturated carbocycles. The first-order valence-electron chi connectivity index (χ1n) is 7.05. The third-order valence-corrected chi connectivity index (χ3v) is 5.41. The number of hydrogen-bond acceptors (Lipinski definition) is 6. The number of rotatable bonds is 1. The summed E-state index contributed by atoms with van der Waals surface area (Å²) in [5, 5.41) is 9.30. The SMILES string of the molecule is CC(C)(C)OC(=O)N1C(C(=O)O)COC12CCCS(=O)(=O)C2. The van der Waals surface area contributed by atoms with Crippen LogP contribution in [-0.4, -0.2) is 66.0 Å². The summed E-state index contributed by atoms with van der Waals surface area (Å²) in [7, 11) is -3.40. The van der Waals surface area contributed by atoms with Gasteiger partial charge in [0.1, 0.15) is 5.60 Å². The zero-order chi connectivity index (χ0) is 16.8. The number of carboxylic acid groups (broad SMARTS) is 1. The van der Waals surface area contributed by atoms with Crippen molar-refractivity contribution >= 4 is 21.9 Å². The normalized spacial score (nSPS) is 31.2. The first-order valence-corrected chi connectivity index (χ1v) is 8.87.